The number of likely N-dealkylation sites (tertiary alicyclic amines) is 1. The van der Waals surface area contributed by atoms with Gasteiger partial charge in [-0.05, 0) is 24.6 Å². The van der Waals surface area contributed by atoms with Gasteiger partial charge >= 0.3 is 0 Å². The van der Waals surface area contributed by atoms with E-state index in [0.717, 1.165) is 19.5 Å². The van der Waals surface area contributed by atoms with E-state index in [1.165, 1.54) is 0 Å². The van der Waals surface area contributed by atoms with Crippen LogP contribution in [0, 0.1) is 0 Å². The van der Waals surface area contributed by atoms with Gasteiger partial charge in [0.2, 0.25) is 0 Å². The number of rotatable bonds is 1. The maximum Gasteiger partial charge on any atom is 0.262 e. The molecule has 5 heteroatoms. The van der Waals surface area contributed by atoms with E-state index < -0.39 is 0 Å². The van der Waals surface area contributed by atoms with Gasteiger partial charge in [-0.25, -0.2) is 0 Å². The van der Waals surface area contributed by atoms with Gasteiger partial charge in [0.1, 0.15) is 5.75 Å². The zero-order valence-corrected chi connectivity index (χ0v) is 9.23. The fourth-order valence-electron chi connectivity index (χ4n) is 1.91. The Morgan fingerprint density at radius 2 is 2.18 bits per heavy atom. The van der Waals surface area contributed by atoms with Crippen molar-refractivity contribution in [2.45, 2.75) is 6.42 Å². The van der Waals surface area contributed by atoms with Crippen LogP contribution in [0.2, 0.25) is 0 Å². The first-order chi connectivity index (χ1) is 8.24. The second kappa shape index (κ2) is 3.76. The lowest BCUT2D eigenvalue weighted by atomic mass is 10.1. The van der Waals surface area contributed by atoms with E-state index in [1.807, 2.05) is 0 Å². The molecule has 1 saturated heterocycles. The standard InChI is InChI=1S/C12H12N2O3/c15-11-7-17-10-6-8(2-3-9(10)13-11)12(16)14-4-1-5-14/h2-3,6H,1,4-5,7H2,(H,13,15). The van der Waals surface area contributed by atoms with Crippen LogP contribution in [0.4, 0.5) is 5.69 Å². The molecule has 0 aliphatic carbocycles. The fraction of sp³-hybridized carbons (Fsp3) is 0.333. The van der Waals surface area contributed by atoms with Gasteiger partial charge in [-0.2, -0.15) is 0 Å². The monoisotopic (exact) mass is 232 g/mol. The number of benzene rings is 1. The predicted molar refractivity (Wildman–Crippen MR) is 61.1 cm³/mol. The SMILES string of the molecule is O=C1COc2cc(C(=O)N3CCC3)ccc2N1. The van der Waals surface area contributed by atoms with E-state index in [0.29, 0.717) is 17.0 Å². The van der Waals surface area contributed by atoms with Crippen LogP contribution < -0.4 is 10.1 Å². The number of carbonyl (C=O) groups is 2. The summed E-state index contributed by atoms with van der Waals surface area (Å²) in [5.41, 5.74) is 1.24. The van der Waals surface area contributed by atoms with E-state index in [-0.39, 0.29) is 18.4 Å². The quantitative estimate of drug-likeness (QED) is 0.781. The van der Waals surface area contributed by atoms with E-state index in [2.05, 4.69) is 5.32 Å². The summed E-state index contributed by atoms with van der Waals surface area (Å²) in [6, 6.07) is 5.11. The Hall–Kier alpha value is -2.04. The molecule has 2 amide bonds. The molecule has 0 saturated carbocycles. The number of hydrogen-bond donors (Lipinski definition) is 1. The fourth-order valence-corrected chi connectivity index (χ4v) is 1.91. The third-order valence-corrected chi connectivity index (χ3v) is 3.00. The van der Waals surface area contributed by atoms with E-state index in [9.17, 15) is 9.59 Å². The summed E-state index contributed by atoms with van der Waals surface area (Å²) in [6.07, 6.45) is 1.07. The van der Waals surface area contributed by atoms with Crippen molar-refractivity contribution in [2.75, 3.05) is 25.0 Å². The van der Waals surface area contributed by atoms with Gasteiger partial charge in [0.05, 0.1) is 5.69 Å². The number of amides is 2. The lowest BCUT2D eigenvalue weighted by Gasteiger charge is -2.31. The van der Waals surface area contributed by atoms with Crippen LogP contribution in [0.25, 0.3) is 0 Å². The molecule has 0 bridgehead atoms. The van der Waals surface area contributed by atoms with Crippen LogP contribution in [0.15, 0.2) is 18.2 Å². The van der Waals surface area contributed by atoms with Crippen LogP contribution in [0.5, 0.6) is 5.75 Å². The second-order valence-corrected chi connectivity index (χ2v) is 4.19. The summed E-state index contributed by atoms with van der Waals surface area (Å²) in [4.78, 5) is 24.9. The van der Waals surface area contributed by atoms with Gasteiger partial charge in [-0.15, -0.1) is 0 Å². The first-order valence-corrected chi connectivity index (χ1v) is 5.60. The van der Waals surface area contributed by atoms with Crippen LogP contribution in [0.1, 0.15) is 16.8 Å². The highest BCUT2D eigenvalue weighted by Crippen LogP contribution is 2.29. The number of hydrogen-bond acceptors (Lipinski definition) is 3. The highest BCUT2D eigenvalue weighted by Gasteiger charge is 2.23. The Kier molecular flexibility index (Phi) is 2.24. The summed E-state index contributed by atoms with van der Waals surface area (Å²) < 4.78 is 5.28. The number of ether oxygens (including phenoxy) is 1. The predicted octanol–water partition coefficient (Wildman–Crippen LogP) is 0.863. The van der Waals surface area contributed by atoms with Gasteiger partial charge in [-0.3, -0.25) is 9.59 Å². The molecule has 2 aliphatic rings. The maximum absolute atomic E-state index is 12.0. The number of nitrogens with zero attached hydrogens (tertiary/aromatic N) is 1. The smallest absolute Gasteiger partial charge is 0.262 e. The third-order valence-electron chi connectivity index (χ3n) is 3.00. The highest BCUT2D eigenvalue weighted by atomic mass is 16.5. The molecule has 2 aliphatic heterocycles. The minimum Gasteiger partial charge on any atom is -0.482 e. The molecular weight excluding hydrogens is 220 g/mol. The molecular formula is C12H12N2O3. The Bertz CT molecular complexity index is 495. The summed E-state index contributed by atoms with van der Waals surface area (Å²) in [5.74, 6) is 0.426. The van der Waals surface area contributed by atoms with Gasteiger partial charge in [-0.1, -0.05) is 0 Å². The topological polar surface area (TPSA) is 58.6 Å². The van der Waals surface area contributed by atoms with Crippen LogP contribution in [0.3, 0.4) is 0 Å². The maximum atomic E-state index is 12.0. The van der Waals surface area contributed by atoms with Crippen molar-refractivity contribution >= 4 is 17.5 Å². The molecule has 1 fully saturated rings. The minimum absolute atomic E-state index is 0.00829. The van der Waals surface area contributed by atoms with Crippen LogP contribution >= 0.6 is 0 Å². The van der Waals surface area contributed by atoms with Gasteiger partial charge < -0.3 is 15.0 Å². The van der Waals surface area contributed by atoms with Crippen molar-refractivity contribution < 1.29 is 14.3 Å². The summed E-state index contributed by atoms with van der Waals surface area (Å²) in [6.45, 7) is 1.66. The molecule has 1 aromatic carbocycles. The summed E-state index contributed by atoms with van der Waals surface area (Å²) in [7, 11) is 0. The molecule has 17 heavy (non-hydrogen) atoms. The highest BCUT2D eigenvalue weighted by molar-refractivity contribution is 5.99. The van der Waals surface area contributed by atoms with E-state index in [4.69, 9.17) is 4.74 Å². The van der Waals surface area contributed by atoms with Crippen molar-refractivity contribution in [3.05, 3.63) is 23.8 Å². The zero-order chi connectivity index (χ0) is 11.8. The molecule has 5 nitrogen and oxygen atoms in total. The first kappa shape index (κ1) is 10.1. The van der Waals surface area contributed by atoms with Crippen LogP contribution in [-0.4, -0.2) is 36.4 Å². The lowest BCUT2D eigenvalue weighted by Crippen LogP contribution is -2.42. The zero-order valence-electron chi connectivity index (χ0n) is 9.23. The Labute approximate surface area is 98.4 Å². The summed E-state index contributed by atoms with van der Waals surface area (Å²) >= 11 is 0. The summed E-state index contributed by atoms with van der Waals surface area (Å²) in [5, 5.41) is 2.69. The van der Waals surface area contributed by atoms with Crippen LogP contribution in [-0.2, 0) is 4.79 Å². The normalized spacial score (nSPS) is 17.6. The lowest BCUT2D eigenvalue weighted by molar-refractivity contribution is -0.118. The molecule has 1 aromatic rings. The van der Waals surface area contributed by atoms with Crippen molar-refractivity contribution in [3.63, 3.8) is 0 Å². The third kappa shape index (κ3) is 1.73. The Balaban J connectivity index is 1.87. The van der Waals surface area contributed by atoms with Gasteiger partial charge in [0.15, 0.2) is 6.61 Å². The number of carbonyl (C=O) groups excluding carboxylic acids is 2. The van der Waals surface area contributed by atoms with E-state index in [1.54, 1.807) is 23.1 Å². The number of anilines is 1. The average molecular weight is 232 g/mol. The Morgan fingerprint density at radius 1 is 1.35 bits per heavy atom. The molecule has 2 heterocycles. The van der Waals surface area contributed by atoms with E-state index >= 15 is 0 Å². The minimum atomic E-state index is -0.167. The van der Waals surface area contributed by atoms with Crippen molar-refractivity contribution in [3.8, 4) is 5.75 Å². The molecule has 0 aromatic heterocycles. The molecule has 1 N–H and O–H groups in total. The largest absolute Gasteiger partial charge is 0.482 e. The van der Waals surface area contributed by atoms with Crippen molar-refractivity contribution in [1.82, 2.24) is 4.90 Å². The second-order valence-electron chi connectivity index (χ2n) is 4.19. The molecule has 0 unspecified atom stereocenters. The molecule has 88 valence electrons. The van der Waals surface area contributed by atoms with Gasteiger partial charge in [0.25, 0.3) is 11.8 Å². The Morgan fingerprint density at radius 3 is 2.88 bits per heavy atom. The average Bonchev–Trinajstić information content (AvgIpc) is 2.26. The van der Waals surface area contributed by atoms with Crippen molar-refractivity contribution in [2.24, 2.45) is 0 Å². The van der Waals surface area contributed by atoms with Gasteiger partial charge in [0, 0.05) is 18.7 Å². The number of fused-ring (bicyclic) bond motifs is 1. The van der Waals surface area contributed by atoms with Crippen molar-refractivity contribution in [1.29, 1.82) is 0 Å². The first-order valence-electron chi connectivity index (χ1n) is 5.60. The molecule has 3 rings (SSSR count). The molecule has 0 spiro atoms. The number of nitrogens with one attached hydrogen (secondary N) is 1. The molecule has 0 radical (unpaired) electrons. The molecule has 0 atom stereocenters.